The smallest absolute Gasteiger partial charge is 0.304 e. The largest absolute Gasteiger partial charge is 0.481 e. The van der Waals surface area contributed by atoms with Crippen LogP contribution in [0.3, 0.4) is 0 Å². The fraction of sp³-hybridized carbons (Fsp3) is 0.233. The van der Waals surface area contributed by atoms with Gasteiger partial charge in [0.2, 0.25) is 16.9 Å². The summed E-state index contributed by atoms with van der Waals surface area (Å²) in [6.45, 7) is 0.588. The van der Waals surface area contributed by atoms with Gasteiger partial charge in [-0.25, -0.2) is 14.4 Å². The summed E-state index contributed by atoms with van der Waals surface area (Å²) in [6, 6.07) is 16.4. The van der Waals surface area contributed by atoms with E-state index in [4.69, 9.17) is 0 Å². The fourth-order valence-electron chi connectivity index (χ4n) is 4.88. The molecule has 1 aliphatic heterocycles. The molecular weight excluding hydrogens is 550 g/mol. The van der Waals surface area contributed by atoms with Crippen LogP contribution in [0.2, 0.25) is 0 Å². The number of carboxylic acids is 1. The first-order chi connectivity index (χ1) is 19.7. The van der Waals surface area contributed by atoms with E-state index in [1.807, 2.05) is 6.07 Å². The lowest BCUT2D eigenvalue weighted by Crippen LogP contribution is -2.35. The number of aliphatic carboxylic acids is 1. The minimum absolute atomic E-state index is 0.00201. The van der Waals surface area contributed by atoms with Gasteiger partial charge in [-0.1, -0.05) is 47.7 Å². The molecular formula is C30H26F2N4O4S. The first kappa shape index (κ1) is 28.0. The second-order valence-electron chi connectivity index (χ2n) is 9.74. The van der Waals surface area contributed by atoms with Crippen LogP contribution in [0.4, 0.5) is 19.7 Å². The average molecular weight is 577 g/mol. The Morgan fingerprint density at radius 2 is 1.88 bits per heavy atom. The highest BCUT2D eigenvalue weighted by Crippen LogP contribution is 2.38. The van der Waals surface area contributed by atoms with Crippen LogP contribution in [-0.2, 0) is 20.8 Å². The van der Waals surface area contributed by atoms with E-state index >= 15 is 4.39 Å². The quantitative estimate of drug-likeness (QED) is 0.279. The second-order valence-corrected chi connectivity index (χ2v) is 10.7. The predicted molar refractivity (Wildman–Crippen MR) is 152 cm³/mol. The van der Waals surface area contributed by atoms with Crippen LogP contribution < -0.4 is 9.80 Å². The molecule has 0 radical (unpaired) electrons. The standard InChI is InChI=1S/C30H26F2N4O4S/c1-35(29(40)20(15-26(38)39)14-18-6-3-2-4-7-18)30-34-27(28(32)41-30)23-16-21(31)10-11-22(23)19-9-12-24(33-17-19)36-13-5-8-25(36)37/h2-4,6-7,9-12,16-17,20H,5,8,13-15H2,1H3,(H,38,39). The number of rotatable bonds is 9. The first-order valence-electron chi connectivity index (χ1n) is 13.0. The normalized spacial score (nSPS) is 13.8. The Balaban J connectivity index is 1.44. The van der Waals surface area contributed by atoms with E-state index in [0.717, 1.165) is 16.9 Å². The third-order valence-corrected chi connectivity index (χ3v) is 7.85. The van der Waals surface area contributed by atoms with Crippen molar-refractivity contribution in [1.82, 2.24) is 9.97 Å². The van der Waals surface area contributed by atoms with E-state index in [2.05, 4.69) is 9.97 Å². The Morgan fingerprint density at radius 3 is 2.54 bits per heavy atom. The first-order valence-corrected chi connectivity index (χ1v) is 13.8. The molecule has 210 valence electrons. The van der Waals surface area contributed by atoms with Crippen molar-refractivity contribution in [2.75, 3.05) is 23.4 Å². The van der Waals surface area contributed by atoms with E-state index in [1.165, 1.54) is 25.2 Å². The van der Waals surface area contributed by atoms with Crippen molar-refractivity contribution in [3.05, 3.63) is 83.4 Å². The van der Waals surface area contributed by atoms with Crippen molar-refractivity contribution in [3.8, 4) is 22.4 Å². The van der Waals surface area contributed by atoms with Crippen LogP contribution in [0, 0.1) is 16.9 Å². The Hall–Kier alpha value is -4.51. The van der Waals surface area contributed by atoms with Crippen molar-refractivity contribution < 1.29 is 28.3 Å². The van der Waals surface area contributed by atoms with Crippen molar-refractivity contribution in [3.63, 3.8) is 0 Å². The zero-order valence-corrected chi connectivity index (χ0v) is 22.9. The van der Waals surface area contributed by atoms with Crippen LogP contribution >= 0.6 is 11.3 Å². The lowest BCUT2D eigenvalue weighted by molar-refractivity contribution is -0.140. The predicted octanol–water partition coefficient (Wildman–Crippen LogP) is 5.57. The summed E-state index contributed by atoms with van der Waals surface area (Å²) in [5.74, 6) is -2.64. The maximum Gasteiger partial charge on any atom is 0.304 e. The lowest BCUT2D eigenvalue weighted by atomic mass is 9.95. The van der Waals surface area contributed by atoms with Gasteiger partial charge in [-0.2, -0.15) is 4.39 Å². The van der Waals surface area contributed by atoms with Crippen LogP contribution in [-0.4, -0.2) is 46.5 Å². The van der Waals surface area contributed by atoms with Gasteiger partial charge in [-0.3, -0.25) is 24.2 Å². The summed E-state index contributed by atoms with van der Waals surface area (Å²) in [5.41, 5.74) is 1.86. The molecule has 0 bridgehead atoms. The molecule has 0 spiro atoms. The van der Waals surface area contributed by atoms with Gasteiger partial charge in [-0.15, -0.1) is 0 Å². The molecule has 2 amide bonds. The highest BCUT2D eigenvalue weighted by Gasteiger charge is 2.29. The minimum atomic E-state index is -1.13. The molecule has 1 N–H and O–H groups in total. The van der Waals surface area contributed by atoms with Crippen LogP contribution in [0.5, 0.6) is 0 Å². The molecule has 4 aromatic rings. The molecule has 11 heteroatoms. The number of hydrogen-bond acceptors (Lipinski definition) is 6. The number of aromatic nitrogens is 2. The van der Waals surface area contributed by atoms with Gasteiger partial charge in [0, 0.05) is 37.3 Å². The van der Waals surface area contributed by atoms with Crippen LogP contribution in [0.15, 0.2) is 66.9 Å². The summed E-state index contributed by atoms with van der Waals surface area (Å²) < 4.78 is 29.8. The number of nitrogens with zero attached hydrogens (tertiary/aromatic N) is 4. The molecule has 2 aromatic carbocycles. The van der Waals surface area contributed by atoms with Crippen LogP contribution in [0.25, 0.3) is 22.4 Å². The second kappa shape index (κ2) is 11.9. The molecule has 0 saturated carbocycles. The number of pyridine rings is 1. The van der Waals surface area contributed by atoms with Gasteiger partial charge in [0.25, 0.3) is 0 Å². The van der Waals surface area contributed by atoms with Crippen molar-refractivity contribution in [1.29, 1.82) is 0 Å². The summed E-state index contributed by atoms with van der Waals surface area (Å²) in [7, 11) is 1.42. The number of amides is 2. The van der Waals surface area contributed by atoms with Gasteiger partial charge >= 0.3 is 5.97 Å². The van der Waals surface area contributed by atoms with Crippen molar-refractivity contribution in [2.24, 2.45) is 5.92 Å². The molecule has 8 nitrogen and oxygen atoms in total. The van der Waals surface area contributed by atoms with E-state index in [-0.39, 0.29) is 28.7 Å². The zero-order valence-electron chi connectivity index (χ0n) is 22.1. The van der Waals surface area contributed by atoms with Gasteiger partial charge in [0.15, 0.2) is 5.13 Å². The SMILES string of the molecule is CN(C(=O)C(CC(=O)O)Cc1ccccc1)c1nc(-c2cc(F)ccc2-c2ccc(N3CCCC3=O)nc2)c(F)s1. The summed E-state index contributed by atoms with van der Waals surface area (Å²) in [6.07, 6.45) is 2.56. The molecule has 1 unspecified atom stereocenters. The summed E-state index contributed by atoms with van der Waals surface area (Å²) >= 11 is 0.615. The van der Waals surface area contributed by atoms with E-state index in [1.54, 1.807) is 47.5 Å². The highest BCUT2D eigenvalue weighted by molar-refractivity contribution is 7.14. The summed E-state index contributed by atoms with van der Waals surface area (Å²) in [4.78, 5) is 48.4. The Morgan fingerprint density at radius 1 is 1.10 bits per heavy atom. The monoisotopic (exact) mass is 576 g/mol. The molecule has 1 aliphatic rings. The Kier molecular flexibility index (Phi) is 8.16. The van der Waals surface area contributed by atoms with E-state index in [9.17, 15) is 23.9 Å². The third kappa shape index (κ3) is 6.14. The van der Waals surface area contributed by atoms with Gasteiger partial charge in [0.05, 0.1) is 12.3 Å². The maximum absolute atomic E-state index is 15.4. The zero-order chi connectivity index (χ0) is 29.1. The average Bonchev–Trinajstić information content (AvgIpc) is 3.57. The summed E-state index contributed by atoms with van der Waals surface area (Å²) in [5, 5.41) is 8.70. The maximum atomic E-state index is 15.4. The molecule has 1 saturated heterocycles. The molecule has 2 aromatic heterocycles. The third-order valence-electron chi connectivity index (χ3n) is 6.93. The topological polar surface area (TPSA) is 104 Å². The number of benzene rings is 2. The minimum Gasteiger partial charge on any atom is -0.481 e. The molecule has 1 fully saturated rings. The Bertz CT molecular complexity index is 1590. The van der Waals surface area contributed by atoms with Gasteiger partial charge < -0.3 is 5.11 Å². The Labute approximate surface area is 238 Å². The highest BCUT2D eigenvalue weighted by atomic mass is 32.1. The van der Waals surface area contributed by atoms with E-state index in [0.29, 0.717) is 41.2 Å². The molecule has 5 rings (SSSR count). The number of halogens is 2. The molecule has 1 atom stereocenters. The van der Waals surface area contributed by atoms with Crippen molar-refractivity contribution in [2.45, 2.75) is 25.7 Å². The van der Waals surface area contributed by atoms with E-state index < -0.39 is 35.2 Å². The molecule has 41 heavy (non-hydrogen) atoms. The number of carboxylic acid groups (broad SMARTS) is 1. The number of carbonyl (C=O) groups is 3. The number of hydrogen-bond donors (Lipinski definition) is 1. The number of thiazole rings is 1. The number of carbonyl (C=O) groups excluding carboxylic acids is 2. The van der Waals surface area contributed by atoms with Crippen molar-refractivity contribution >= 4 is 40.1 Å². The lowest BCUT2D eigenvalue weighted by Gasteiger charge is -2.21. The molecule has 3 heterocycles. The number of anilines is 2. The van der Waals surface area contributed by atoms with Gasteiger partial charge in [-0.05, 0) is 48.2 Å². The molecule has 0 aliphatic carbocycles. The fourth-order valence-corrected chi connectivity index (χ4v) is 5.66. The van der Waals surface area contributed by atoms with Gasteiger partial charge in [0.1, 0.15) is 17.3 Å². The van der Waals surface area contributed by atoms with Crippen LogP contribution in [0.1, 0.15) is 24.8 Å².